The maximum atomic E-state index is 5.92. The first-order valence-corrected chi connectivity index (χ1v) is 6.15. The molecule has 0 aliphatic carbocycles. The minimum atomic E-state index is 0.480. The first-order valence-electron chi connectivity index (χ1n) is 6.15. The normalized spacial score (nSPS) is 10.7. The van der Waals surface area contributed by atoms with Crippen molar-refractivity contribution in [2.75, 3.05) is 12.8 Å². The highest BCUT2D eigenvalue weighted by atomic mass is 16.5. The predicted octanol–water partition coefficient (Wildman–Crippen LogP) is 4.07. The van der Waals surface area contributed by atoms with Crippen LogP contribution in [-0.4, -0.2) is 7.11 Å². The molecule has 0 heterocycles. The maximum Gasteiger partial charge on any atom is 0.121 e. The topological polar surface area (TPSA) is 35.2 Å². The van der Waals surface area contributed by atoms with Crippen LogP contribution in [0, 0.1) is 0 Å². The van der Waals surface area contributed by atoms with Gasteiger partial charge >= 0.3 is 0 Å². The summed E-state index contributed by atoms with van der Waals surface area (Å²) in [5.41, 5.74) is 10.3. The SMILES string of the molecule is COc1cc(N)cc(-c2ccccc2C(C)C)c1. The van der Waals surface area contributed by atoms with Gasteiger partial charge in [-0.2, -0.15) is 0 Å². The van der Waals surface area contributed by atoms with Crippen LogP contribution in [0.2, 0.25) is 0 Å². The standard InChI is InChI=1S/C16H19NO/c1-11(2)15-6-4-5-7-16(15)12-8-13(17)10-14(9-12)18-3/h4-11H,17H2,1-3H3. The van der Waals surface area contributed by atoms with Crippen LogP contribution in [0.15, 0.2) is 42.5 Å². The van der Waals surface area contributed by atoms with Crippen LogP contribution in [0.3, 0.4) is 0 Å². The van der Waals surface area contributed by atoms with Gasteiger partial charge in [0.25, 0.3) is 0 Å². The van der Waals surface area contributed by atoms with Crippen molar-refractivity contribution in [3.63, 3.8) is 0 Å². The van der Waals surface area contributed by atoms with Crippen molar-refractivity contribution >= 4 is 5.69 Å². The Kier molecular flexibility index (Phi) is 3.56. The highest BCUT2D eigenvalue weighted by Gasteiger charge is 2.09. The van der Waals surface area contributed by atoms with Crippen LogP contribution in [0.1, 0.15) is 25.3 Å². The van der Waals surface area contributed by atoms with Crippen LogP contribution in [0.25, 0.3) is 11.1 Å². The molecule has 2 rings (SSSR count). The smallest absolute Gasteiger partial charge is 0.121 e. The van der Waals surface area contributed by atoms with Gasteiger partial charge in [-0.1, -0.05) is 38.1 Å². The molecule has 2 aromatic carbocycles. The Balaban J connectivity index is 2.58. The predicted molar refractivity (Wildman–Crippen MR) is 76.9 cm³/mol. The van der Waals surface area contributed by atoms with Gasteiger partial charge in [-0.3, -0.25) is 0 Å². The molecule has 2 heteroatoms. The molecule has 0 saturated carbocycles. The lowest BCUT2D eigenvalue weighted by Gasteiger charge is -2.14. The molecule has 0 fully saturated rings. The van der Waals surface area contributed by atoms with Crippen LogP contribution in [0.4, 0.5) is 5.69 Å². The van der Waals surface area contributed by atoms with Crippen LogP contribution < -0.4 is 10.5 Å². The van der Waals surface area contributed by atoms with Gasteiger partial charge in [-0.05, 0) is 34.7 Å². The Bertz CT molecular complexity index is 547. The van der Waals surface area contributed by atoms with E-state index in [2.05, 4.69) is 38.1 Å². The average molecular weight is 241 g/mol. The van der Waals surface area contributed by atoms with Crippen molar-refractivity contribution < 1.29 is 4.74 Å². The molecule has 0 amide bonds. The molecule has 0 bridgehead atoms. The summed E-state index contributed by atoms with van der Waals surface area (Å²) in [4.78, 5) is 0. The number of ether oxygens (including phenoxy) is 1. The average Bonchev–Trinajstić information content (AvgIpc) is 2.38. The molecule has 0 radical (unpaired) electrons. The second kappa shape index (κ2) is 5.13. The first-order chi connectivity index (χ1) is 8.61. The summed E-state index contributed by atoms with van der Waals surface area (Å²) in [5, 5.41) is 0. The van der Waals surface area contributed by atoms with Gasteiger partial charge in [0.1, 0.15) is 5.75 Å². The number of nitrogens with two attached hydrogens (primary N) is 1. The van der Waals surface area contributed by atoms with Gasteiger partial charge in [0.15, 0.2) is 0 Å². The molecule has 0 spiro atoms. The van der Waals surface area contributed by atoms with Crippen LogP contribution in [0.5, 0.6) is 5.75 Å². The van der Waals surface area contributed by atoms with E-state index < -0.39 is 0 Å². The Morgan fingerprint density at radius 3 is 2.44 bits per heavy atom. The molecule has 18 heavy (non-hydrogen) atoms. The summed E-state index contributed by atoms with van der Waals surface area (Å²) in [5.74, 6) is 1.28. The number of rotatable bonds is 3. The molecule has 2 N–H and O–H groups in total. The van der Waals surface area contributed by atoms with E-state index in [1.807, 2.05) is 18.2 Å². The zero-order chi connectivity index (χ0) is 13.1. The summed E-state index contributed by atoms with van der Waals surface area (Å²) in [6.45, 7) is 4.39. The Morgan fingerprint density at radius 1 is 1.06 bits per heavy atom. The van der Waals surface area contributed by atoms with Gasteiger partial charge in [-0.25, -0.2) is 0 Å². The fourth-order valence-electron chi connectivity index (χ4n) is 2.16. The summed E-state index contributed by atoms with van der Waals surface area (Å²) in [7, 11) is 1.66. The van der Waals surface area contributed by atoms with Crippen LogP contribution >= 0.6 is 0 Å². The van der Waals surface area contributed by atoms with E-state index >= 15 is 0 Å². The number of nitrogen functional groups attached to an aromatic ring is 1. The lowest BCUT2D eigenvalue weighted by Crippen LogP contribution is -1.94. The van der Waals surface area contributed by atoms with E-state index in [1.54, 1.807) is 7.11 Å². The van der Waals surface area contributed by atoms with E-state index in [0.717, 1.165) is 17.0 Å². The van der Waals surface area contributed by atoms with Gasteiger partial charge in [0.05, 0.1) is 7.11 Å². The van der Waals surface area contributed by atoms with Crippen LogP contribution in [-0.2, 0) is 0 Å². The third-order valence-electron chi connectivity index (χ3n) is 3.06. The fourth-order valence-corrected chi connectivity index (χ4v) is 2.16. The molecule has 2 nitrogen and oxygen atoms in total. The number of benzene rings is 2. The second-order valence-electron chi connectivity index (χ2n) is 4.74. The van der Waals surface area contributed by atoms with Gasteiger partial charge in [0, 0.05) is 11.8 Å². The van der Waals surface area contributed by atoms with Gasteiger partial charge < -0.3 is 10.5 Å². The highest BCUT2D eigenvalue weighted by molar-refractivity contribution is 5.72. The van der Waals surface area contributed by atoms with Crippen molar-refractivity contribution in [3.05, 3.63) is 48.0 Å². The molecular weight excluding hydrogens is 222 g/mol. The Morgan fingerprint density at radius 2 is 1.78 bits per heavy atom. The van der Waals surface area contributed by atoms with E-state index in [-0.39, 0.29) is 0 Å². The molecular formula is C16H19NO. The highest BCUT2D eigenvalue weighted by Crippen LogP contribution is 2.32. The minimum absolute atomic E-state index is 0.480. The number of methoxy groups -OCH3 is 1. The van der Waals surface area contributed by atoms with E-state index in [1.165, 1.54) is 11.1 Å². The van der Waals surface area contributed by atoms with E-state index in [4.69, 9.17) is 10.5 Å². The van der Waals surface area contributed by atoms with Crippen molar-refractivity contribution in [3.8, 4) is 16.9 Å². The monoisotopic (exact) mass is 241 g/mol. The summed E-state index contributed by atoms with van der Waals surface area (Å²) >= 11 is 0. The first kappa shape index (κ1) is 12.5. The maximum absolute atomic E-state index is 5.92. The number of anilines is 1. The van der Waals surface area contributed by atoms with E-state index in [0.29, 0.717) is 5.92 Å². The van der Waals surface area contributed by atoms with Crippen molar-refractivity contribution in [2.45, 2.75) is 19.8 Å². The third kappa shape index (κ3) is 2.48. The Hall–Kier alpha value is -1.96. The lowest BCUT2D eigenvalue weighted by molar-refractivity contribution is 0.415. The van der Waals surface area contributed by atoms with E-state index in [9.17, 15) is 0 Å². The number of hydrogen-bond donors (Lipinski definition) is 1. The second-order valence-corrected chi connectivity index (χ2v) is 4.74. The molecule has 0 aromatic heterocycles. The fraction of sp³-hybridized carbons (Fsp3) is 0.250. The summed E-state index contributed by atoms with van der Waals surface area (Å²) < 4.78 is 5.28. The molecule has 0 saturated heterocycles. The van der Waals surface area contributed by atoms with Crippen molar-refractivity contribution in [1.29, 1.82) is 0 Å². The van der Waals surface area contributed by atoms with Crippen molar-refractivity contribution in [2.24, 2.45) is 0 Å². The van der Waals surface area contributed by atoms with Gasteiger partial charge in [-0.15, -0.1) is 0 Å². The lowest BCUT2D eigenvalue weighted by atomic mass is 9.92. The van der Waals surface area contributed by atoms with Gasteiger partial charge in [0.2, 0.25) is 0 Å². The quantitative estimate of drug-likeness (QED) is 0.822. The summed E-state index contributed by atoms with van der Waals surface area (Å²) in [6, 6.07) is 14.3. The molecule has 94 valence electrons. The zero-order valence-electron chi connectivity index (χ0n) is 11.1. The molecule has 0 atom stereocenters. The molecule has 0 aliphatic rings. The molecule has 0 unspecified atom stereocenters. The van der Waals surface area contributed by atoms with Crippen molar-refractivity contribution in [1.82, 2.24) is 0 Å². The Labute approximate surface area is 108 Å². The number of hydrogen-bond acceptors (Lipinski definition) is 2. The molecule has 0 aliphatic heterocycles. The minimum Gasteiger partial charge on any atom is -0.497 e. The zero-order valence-corrected chi connectivity index (χ0v) is 11.1. The summed E-state index contributed by atoms with van der Waals surface area (Å²) in [6.07, 6.45) is 0. The molecule has 2 aromatic rings. The largest absolute Gasteiger partial charge is 0.497 e. The third-order valence-corrected chi connectivity index (χ3v) is 3.06.